The normalized spacial score (nSPS) is 11.0. The van der Waals surface area contributed by atoms with E-state index in [0.29, 0.717) is 10.7 Å². The molecule has 0 saturated heterocycles. The average Bonchev–Trinajstić information content (AvgIpc) is 3.34. The molecule has 7 nitrogen and oxygen atoms in total. The summed E-state index contributed by atoms with van der Waals surface area (Å²) in [6.07, 6.45) is 0. The van der Waals surface area contributed by atoms with Gasteiger partial charge in [-0.3, -0.25) is 4.79 Å². The molecule has 2 aromatic heterocycles. The summed E-state index contributed by atoms with van der Waals surface area (Å²) in [5.41, 5.74) is 2.93. The molecule has 0 unspecified atom stereocenters. The van der Waals surface area contributed by atoms with Crippen LogP contribution in [0.2, 0.25) is 0 Å². The number of hydrogen-bond donors (Lipinski definition) is 1. The Morgan fingerprint density at radius 3 is 2.68 bits per heavy atom. The maximum atomic E-state index is 13.7. The van der Waals surface area contributed by atoms with Crippen molar-refractivity contribution in [3.8, 4) is 11.4 Å². The van der Waals surface area contributed by atoms with Crippen molar-refractivity contribution in [2.45, 2.75) is 13.5 Å². The van der Waals surface area contributed by atoms with Crippen LogP contribution in [-0.2, 0) is 11.3 Å². The van der Waals surface area contributed by atoms with Crippen LogP contribution in [0.15, 0.2) is 48.5 Å². The van der Waals surface area contributed by atoms with Crippen LogP contribution in [0.5, 0.6) is 5.75 Å². The predicted molar refractivity (Wildman–Crippen MR) is 120 cm³/mol. The highest BCUT2D eigenvalue weighted by Crippen LogP contribution is 2.32. The van der Waals surface area contributed by atoms with Crippen molar-refractivity contribution in [3.63, 3.8) is 0 Å². The second-order valence-corrected chi connectivity index (χ2v) is 8.05. The van der Waals surface area contributed by atoms with Crippen molar-refractivity contribution in [3.05, 3.63) is 65.6 Å². The monoisotopic (exact) mass is 439 g/mol. The number of aromatic nitrogens is 3. The van der Waals surface area contributed by atoms with E-state index in [0.717, 1.165) is 27.5 Å². The lowest BCUT2D eigenvalue weighted by Crippen LogP contribution is -2.34. The largest absolute Gasteiger partial charge is 0.497 e. The number of methoxy groups -OCH3 is 1. The third-order valence-electron chi connectivity index (χ3n) is 4.84. The number of ether oxygens (including phenoxy) is 1. The molecule has 0 saturated carbocycles. The standard InChI is InChI=1S/C22H22FN5O2S/c1-14-20-21(28(26-14)16-8-10-17(30-3)11-9-16)25-22(31-20)27(2)13-19(29)24-12-15-6-4-5-7-18(15)23/h4-11H,12-13H2,1-3H3,(H,24,29). The summed E-state index contributed by atoms with van der Waals surface area (Å²) in [5.74, 6) is 0.225. The topological polar surface area (TPSA) is 72.3 Å². The average molecular weight is 440 g/mol. The van der Waals surface area contributed by atoms with Gasteiger partial charge in [0.25, 0.3) is 0 Å². The lowest BCUT2D eigenvalue weighted by molar-refractivity contribution is -0.119. The van der Waals surface area contributed by atoms with Crippen molar-refractivity contribution in [2.24, 2.45) is 0 Å². The molecular weight excluding hydrogens is 417 g/mol. The van der Waals surface area contributed by atoms with E-state index in [1.54, 1.807) is 41.9 Å². The first-order chi connectivity index (χ1) is 15.0. The highest BCUT2D eigenvalue weighted by Gasteiger charge is 2.18. The Morgan fingerprint density at radius 2 is 1.97 bits per heavy atom. The van der Waals surface area contributed by atoms with Crippen molar-refractivity contribution in [1.29, 1.82) is 0 Å². The van der Waals surface area contributed by atoms with E-state index >= 15 is 0 Å². The number of hydrogen-bond acceptors (Lipinski definition) is 6. The molecule has 0 spiro atoms. The number of likely N-dealkylation sites (N-methyl/N-ethyl adjacent to an activating group) is 1. The summed E-state index contributed by atoms with van der Waals surface area (Å²) >= 11 is 1.48. The van der Waals surface area contributed by atoms with Crippen LogP contribution in [0.4, 0.5) is 9.52 Å². The van der Waals surface area contributed by atoms with Crippen LogP contribution in [0, 0.1) is 12.7 Å². The van der Waals surface area contributed by atoms with Crippen molar-refractivity contribution in [1.82, 2.24) is 20.1 Å². The van der Waals surface area contributed by atoms with E-state index in [2.05, 4.69) is 10.4 Å². The van der Waals surface area contributed by atoms with Crippen LogP contribution in [-0.4, -0.2) is 41.4 Å². The van der Waals surface area contributed by atoms with Gasteiger partial charge in [0.2, 0.25) is 5.91 Å². The van der Waals surface area contributed by atoms with Gasteiger partial charge in [0, 0.05) is 19.2 Å². The summed E-state index contributed by atoms with van der Waals surface area (Å²) in [6, 6.07) is 14.0. The van der Waals surface area contributed by atoms with Crippen molar-refractivity contribution < 1.29 is 13.9 Å². The molecule has 0 aliphatic rings. The third-order valence-corrected chi connectivity index (χ3v) is 6.10. The molecule has 0 atom stereocenters. The fraction of sp³-hybridized carbons (Fsp3) is 0.227. The van der Waals surface area contributed by atoms with Gasteiger partial charge in [-0.15, -0.1) is 0 Å². The van der Waals surface area contributed by atoms with E-state index < -0.39 is 0 Å². The Bertz CT molecular complexity index is 1220. The first-order valence-corrected chi connectivity index (χ1v) is 10.5. The molecule has 0 aliphatic carbocycles. The Labute approximate surface area is 183 Å². The summed E-state index contributed by atoms with van der Waals surface area (Å²) in [6.45, 7) is 2.19. The number of amides is 1. The lowest BCUT2D eigenvalue weighted by Gasteiger charge is -2.15. The predicted octanol–water partition coefficient (Wildman–Crippen LogP) is 3.69. The molecule has 9 heteroatoms. The molecule has 0 radical (unpaired) electrons. The lowest BCUT2D eigenvalue weighted by atomic mass is 10.2. The summed E-state index contributed by atoms with van der Waals surface area (Å²) in [5, 5.41) is 8.06. The molecule has 1 N–H and O–H groups in total. The maximum Gasteiger partial charge on any atom is 0.239 e. The highest BCUT2D eigenvalue weighted by atomic mass is 32.1. The smallest absolute Gasteiger partial charge is 0.239 e. The molecule has 0 aliphatic heterocycles. The van der Waals surface area contributed by atoms with E-state index in [9.17, 15) is 9.18 Å². The van der Waals surface area contributed by atoms with Gasteiger partial charge in [-0.2, -0.15) is 10.1 Å². The SMILES string of the molecule is COc1ccc(-n2nc(C)c3sc(N(C)CC(=O)NCc4ccccc4F)nc32)cc1. The Balaban J connectivity index is 1.48. The van der Waals surface area contributed by atoms with Crippen LogP contribution in [0.25, 0.3) is 16.0 Å². The summed E-state index contributed by atoms with van der Waals surface area (Å²) in [7, 11) is 3.43. The Morgan fingerprint density at radius 1 is 1.23 bits per heavy atom. The second-order valence-electron chi connectivity index (χ2n) is 7.07. The van der Waals surface area contributed by atoms with Gasteiger partial charge >= 0.3 is 0 Å². The number of carbonyl (C=O) groups is 1. The number of nitrogens with one attached hydrogen (secondary N) is 1. The van der Waals surface area contributed by atoms with Crippen LogP contribution in [0.1, 0.15) is 11.3 Å². The highest BCUT2D eigenvalue weighted by molar-refractivity contribution is 7.22. The zero-order valence-corrected chi connectivity index (χ0v) is 18.2. The molecule has 160 valence electrons. The number of nitrogens with zero attached hydrogens (tertiary/aromatic N) is 4. The van der Waals surface area contributed by atoms with Crippen LogP contribution >= 0.6 is 11.3 Å². The minimum absolute atomic E-state index is 0.111. The maximum absolute atomic E-state index is 13.7. The van der Waals surface area contributed by atoms with Crippen molar-refractivity contribution in [2.75, 3.05) is 25.6 Å². The van der Waals surface area contributed by atoms with Gasteiger partial charge in [0.1, 0.15) is 11.6 Å². The van der Waals surface area contributed by atoms with Crippen LogP contribution < -0.4 is 15.0 Å². The number of thiazole rings is 1. The molecule has 0 bridgehead atoms. The number of fused-ring (bicyclic) bond motifs is 1. The molecule has 0 fully saturated rings. The quantitative estimate of drug-likeness (QED) is 0.476. The first kappa shape index (κ1) is 20.8. The zero-order valence-electron chi connectivity index (χ0n) is 17.4. The second kappa shape index (κ2) is 8.73. The molecule has 31 heavy (non-hydrogen) atoms. The van der Waals surface area contributed by atoms with Gasteiger partial charge in [0.05, 0.1) is 29.7 Å². The number of halogens is 1. The molecular formula is C22H22FN5O2S. The van der Waals surface area contributed by atoms with Gasteiger partial charge in [-0.1, -0.05) is 29.5 Å². The third kappa shape index (κ3) is 4.36. The van der Waals surface area contributed by atoms with E-state index in [-0.39, 0.29) is 24.8 Å². The van der Waals surface area contributed by atoms with Crippen molar-refractivity contribution >= 4 is 32.7 Å². The first-order valence-electron chi connectivity index (χ1n) is 9.68. The Kier molecular flexibility index (Phi) is 5.85. The van der Waals surface area contributed by atoms with Gasteiger partial charge < -0.3 is 15.0 Å². The van der Waals surface area contributed by atoms with Gasteiger partial charge in [0.15, 0.2) is 10.8 Å². The fourth-order valence-corrected chi connectivity index (χ4v) is 4.11. The number of rotatable bonds is 7. The van der Waals surface area contributed by atoms with Gasteiger partial charge in [-0.25, -0.2) is 9.07 Å². The number of benzene rings is 2. The minimum atomic E-state index is -0.333. The Hall–Kier alpha value is -3.46. The fourth-order valence-electron chi connectivity index (χ4n) is 3.16. The van der Waals surface area contributed by atoms with E-state index in [1.165, 1.54) is 17.4 Å². The molecule has 1 amide bonds. The summed E-state index contributed by atoms with van der Waals surface area (Å²) in [4.78, 5) is 18.8. The van der Waals surface area contributed by atoms with Crippen LogP contribution in [0.3, 0.4) is 0 Å². The number of aryl methyl sites for hydroxylation is 1. The zero-order chi connectivity index (χ0) is 22.0. The van der Waals surface area contributed by atoms with Gasteiger partial charge in [-0.05, 0) is 37.3 Å². The molecule has 2 aromatic carbocycles. The summed E-state index contributed by atoms with van der Waals surface area (Å²) < 4.78 is 21.7. The number of anilines is 1. The molecule has 4 rings (SSSR count). The van der Waals surface area contributed by atoms with E-state index in [1.807, 2.05) is 31.2 Å². The minimum Gasteiger partial charge on any atom is -0.497 e. The van der Waals surface area contributed by atoms with E-state index in [4.69, 9.17) is 9.72 Å². The molecule has 4 aromatic rings. The molecule has 2 heterocycles. The number of carbonyl (C=O) groups excluding carboxylic acids is 1.